The summed E-state index contributed by atoms with van der Waals surface area (Å²) in [4.78, 5) is 12.7. The fraction of sp³-hybridized carbons (Fsp3) is 0.875. The van der Waals surface area contributed by atoms with Gasteiger partial charge in [0.15, 0.2) is 0 Å². The number of hydrogen-bond donors (Lipinski definition) is 1. The molecule has 0 unspecified atom stereocenters. The van der Waals surface area contributed by atoms with Crippen molar-refractivity contribution in [3.05, 3.63) is 12.2 Å². The molecule has 3 heteroatoms. The molecule has 0 atom stereocenters. The van der Waals surface area contributed by atoms with Crippen LogP contribution in [0.25, 0.3) is 0 Å². The third-order valence-corrected chi connectivity index (χ3v) is 4.99. The first-order valence-corrected chi connectivity index (χ1v) is 11.7. The third kappa shape index (κ3) is 27.5. The molecule has 1 N–H and O–H groups in total. The molecule has 0 rings (SSSR count). The number of nitrogens with zero attached hydrogens (tertiary/aromatic N) is 1. The van der Waals surface area contributed by atoms with E-state index in [9.17, 15) is 4.79 Å². The zero-order valence-corrected chi connectivity index (χ0v) is 19.0. The molecule has 0 saturated carbocycles. The van der Waals surface area contributed by atoms with Crippen LogP contribution in [0, 0.1) is 0 Å². The minimum absolute atomic E-state index is 0.332. The van der Waals surface area contributed by atoms with Crippen LogP contribution in [0.5, 0.6) is 0 Å². The van der Waals surface area contributed by atoms with Gasteiger partial charge in [0, 0.05) is 6.42 Å². The third-order valence-electron chi connectivity index (χ3n) is 4.99. The molecule has 0 aromatic heterocycles. The van der Waals surface area contributed by atoms with Crippen molar-refractivity contribution in [3.63, 3.8) is 0 Å². The van der Waals surface area contributed by atoms with Gasteiger partial charge in [-0.2, -0.15) is 0 Å². The molecule has 0 aliphatic heterocycles. The van der Waals surface area contributed by atoms with Crippen LogP contribution in [-0.4, -0.2) is 35.6 Å². The maximum atomic E-state index is 10.3. The monoisotopic (exact) mass is 383 g/mol. The smallest absolute Gasteiger partial charge is 0.303 e. The SMILES string of the molecule is CCCCCCCCC=CCCCCCCCC(=O)O.CCN(CC)CC. The zero-order chi connectivity index (χ0) is 20.6. The number of rotatable bonds is 18. The highest BCUT2D eigenvalue weighted by atomic mass is 16.4. The van der Waals surface area contributed by atoms with Crippen molar-refractivity contribution < 1.29 is 9.90 Å². The lowest BCUT2D eigenvalue weighted by Crippen LogP contribution is -2.21. The highest BCUT2D eigenvalue weighted by Crippen LogP contribution is 2.09. The Kier molecular flexibility index (Phi) is 26.5. The number of aliphatic carboxylic acids is 1. The fourth-order valence-electron chi connectivity index (χ4n) is 3.02. The summed E-state index contributed by atoms with van der Waals surface area (Å²) < 4.78 is 0. The van der Waals surface area contributed by atoms with Crippen molar-refractivity contribution in [2.75, 3.05) is 19.6 Å². The molecule has 3 nitrogen and oxygen atoms in total. The van der Waals surface area contributed by atoms with E-state index in [-0.39, 0.29) is 0 Å². The maximum absolute atomic E-state index is 10.3. The van der Waals surface area contributed by atoms with Crippen molar-refractivity contribution in [1.29, 1.82) is 0 Å². The van der Waals surface area contributed by atoms with Gasteiger partial charge in [-0.1, -0.05) is 91.2 Å². The molecule has 0 spiro atoms. The largest absolute Gasteiger partial charge is 0.481 e. The van der Waals surface area contributed by atoms with Gasteiger partial charge in [0.2, 0.25) is 0 Å². The van der Waals surface area contributed by atoms with Gasteiger partial charge in [-0.15, -0.1) is 0 Å². The zero-order valence-electron chi connectivity index (χ0n) is 19.0. The summed E-state index contributed by atoms with van der Waals surface area (Å²) in [6.45, 7) is 12.4. The quantitative estimate of drug-likeness (QED) is 0.197. The fourth-order valence-corrected chi connectivity index (χ4v) is 3.02. The van der Waals surface area contributed by atoms with Crippen LogP contribution in [0.15, 0.2) is 12.2 Å². The average molecular weight is 384 g/mol. The first kappa shape index (κ1) is 28.4. The van der Waals surface area contributed by atoms with E-state index in [2.05, 4.69) is 44.7 Å². The second-order valence-electron chi connectivity index (χ2n) is 7.35. The van der Waals surface area contributed by atoms with E-state index < -0.39 is 5.97 Å². The summed E-state index contributed by atoms with van der Waals surface area (Å²) in [5, 5.41) is 8.51. The molecule has 162 valence electrons. The second-order valence-corrected chi connectivity index (χ2v) is 7.35. The number of allylic oxidation sites excluding steroid dienone is 2. The summed E-state index contributed by atoms with van der Waals surface area (Å²) in [7, 11) is 0. The molecule has 0 heterocycles. The van der Waals surface area contributed by atoms with Gasteiger partial charge in [-0.3, -0.25) is 4.79 Å². The van der Waals surface area contributed by atoms with E-state index >= 15 is 0 Å². The Balaban J connectivity index is 0. The lowest BCUT2D eigenvalue weighted by Gasteiger charge is -2.13. The van der Waals surface area contributed by atoms with E-state index in [1.165, 1.54) is 90.3 Å². The van der Waals surface area contributed by atoms with Gasteiger partial charge < -0.3 is 10.0 Å². The standard InChI is InChI=1S/C18H34O2.C6H15N/c1-2-3-4-5-6-7-8-9-10-11-12-13-14-15-16-17-18(19)20;1-4-7(5-2)6-3/h9-10H,2-8,11-17H2,1H3,(H,19,20);4-6H2,1-3H3. The van der Waals surface area contributed by atoms with Crippen molar-refractivity contribution in [1.82, 2.24) is 4.90 Å². The summed E-state index contributed by atoms with van der Waals surface area (Å²) in [5.41, 5.74) is 0. The second kappa shape index (κ2) is 25.2. The summed E-state index contributed by atoms with van der Waals surface area (Å²) in [6, 6.07) is 0. The Hall–Kier alpha value is -0.830. The topological polar surface area (TPSA) is 40.5 Å². The molecule has 0 fully saturated rings. The van der Waals surface area contributed by atoms with Crippen LogP contribution in [0.2, 0.25) is 0 Å². The predicted molar refractivity (Wildman–Crippen MR) is 121 cm³/mol. The Bertz CT molecular complexity index is 306. The van der Waals surface area contributed by atoms with Gasteiger partial charge in [0.25, 0.3) is 0 Å². The predicted octanol–water partition coefficient (Wildman–Crippen LogP) is 7.46. The molecule has 0 aromatic rings. The maximum Gasteiger partial charge on any atom is 0.303 e. The first-order valence-electron chi connectivity index (χ1n) is 11.7. The minimum Gasteiger partial charge on any atom is -0.481 e. The molecule has 0 amide bonds. The van der Waals surface area contributed by atoms with E-state index in [0.29, 0.717) is 6.42 Å². The molecular weight excluding hydrogens is 334 g/mol. The number of carboxylic acids is 1. The Labute approximate surface area is 170 Å². The van der Waals surface area contributed by atoms with Crippen LogP contribution < -0.4 is 0 Å². The van der Waals surface area contributed by atoms with E-state index in [0.717, 1.165) is 12.8 Å². The first-order chi connectivity index (χ1) is 13.1. The number of unbranched alkanes of at least 4 members (excludes halogenated alkanes) is 11. The molecule has 0 saturated heterocycles. The van der Waals surface area contributed by atoms with E-state index in [4.69, 9.17) is 5.11 Å². The van der Waals surface area contributed by atoms with Crippen molar-refractivity contribution in [2.24, 2.45) is 0 Å². The Morgan fingerprint density at radius 3 is 1.44 bits per heavy atom. The highest BCUT2D eigenvalue weighted by molar-refractivity contribution is 5.66. The van der Waals surface area contributed by atoms with Gasteiger partial charge >= 0.3 is 5.97 Å². The summed E-state index contributed by atoms with van der Waals surface area (Å²) in [6.07, 6.45) is 21.2. The average Bonchev–Trinajstić information content (AvgIpc) is 2.66. The molecule has 0 aromatic carbocycles. The normalized spacial score (nSPS) is 11.0. The number of hydrogen-bond acceptors (Lipinski definition) is 2. The Morgan fingerprint density at radius 2 is 1.07 bits per heavy atom. The molecule has 0 bridgehead atoms. The summed E-state index contributed by atoms with van der Waals surface area (Å²) >= 11 is 0. The van der Waals surface area contributed by atoms with E-state index in [1.807, 2.05) is 0 Å². The highest BCUT2D eigenvalue weighted by Gasteiger charge is 1.95. The van der Waals surface area contributed by atoms with Gasteiger partial charge in [0.1, 0.15) is 0 Å². The Morgan fingerprint density at radius 1 is 0.667 bits per heavy atom. The molecular formula is C24H49NO2. The van der Waals surface area contributed by atoms with Crippen molar-refractivity contribution >= 4 is 5.97 Å². The van der Waals surface area contributed by atoms with Crippen LogP contribution >= 0.6 is 0 Å². The molecule has 0 radical (unpaired) electrons. The lowest BCUT2D eigenvalue weighted by molar-refractivity contribution is -0.137. The molecule has 0 aliphatic rings. The van der Waals surface area contributed by atoms with Crippen molar-refractivity contribution in [2.45, 2.75) is 118 Å². The van der Waals surface area contributed by atoms with Gasteiger partial charge in [-0.25, -0.2) is 0 Å². The van der Waals surface area contributed by atoms with Gasteiger partial charge in [0.05, 0.1) is 0 Å². The van der Waals surface area contributed by atoms with E-state index in [1.54, 1.807) is 0 Å². The molecule has 27 heavy (non-hydrogen) atoms. The van der Waals surface area contributed by atoms with Crippen LogP contribution in [0.3, 0.4) is 0 Å². The van der Waals surface area contributed by atoms with Crippen molar-refractivity contribution in [3.8, 4) is 0 Å². The number of carbonyl (C=O) groups is 1. The minimum atomic E-state index is -0.664. The lowest BCUT2D eigenvalue weighted by atomic mass is 10.1. The summed E-state index contributed by atoms with van der Waals surface area (Å²) in [5.74, 6) is -0.664. The molecule has 0 aliphatic carbocycles. The van der Waals surface area contributed by atoms with Gasteiger partial charge in [-0.05, 0) is 51.7 Å². The van der Waals surface area contributed by atoms with Crippen LogP contribution in [-0.2, 0) is 4.79 Å². The van der Waals surface area contributed by atoms with Crippen LogP contribution in [0.1, 0.15) is 118 Å². The van der Waals surface area contributed by atoms with Crippen LogP contribution in [0.4, 0.5) is 0 Å². The number of carboxylic acid groups (broad SMARTS) is 1.